The Morgan fingerprint density at radius 2 is 0.727 bits per heavy atom. The zero-order valence-electron chi connectivity index (χ0n) is 4.79. The minimum absolute atomic E-state index is 0. The molecule has 0 saturated heterocycles. The van der Waals surface area contributed by atoms with E-state index in [1.54, 1.807) is 0 Å². The number of carbonyl (C=O) groups is 1. The molecule has 0 aliphatic rings. The normalized spacial score (nSPS) is 6.91. The summed E-state index contributed by atoms with van der Waals surface area (Å²) < 4.78 is 0. The van der Waals surface area contributed by atoms with Crippen molar-refractivity contribution >= 4 is 24.0 Å². The van der Waals surface area contributed by atoms with Gasteiger partial charge in [-0.15, -0.1) is 0 Å². The van der Waals surface area contributed by atoms with Gasteiger partial charge in [0.2, 0.25) is 0 Å². The molecule has 0 heterocycles. The third-order valence-electron chi connectivity index (χ3n) is 0. The summed E-state index contributed by atoms with van der Waals surface area (Å²) in [5, 5.41) is 0. The summed E-state index contributed by atoms with van der Waals surface area (Å²) >= 11 is 0. The molecule has 7 nitrogen and oxygen atoms in total. The Balaban J connectivity index is -0.0000000339. The van der Waals surface area contributed by atoms with Crippen LogP contribution in [0.3, 0.4) is 0 Å². The summed E-state index contributed by atoms with van der Waals surface area (Å²) in [7, 11) is -6.74. The molecule has 0 rings (SSSR count). The Kier molecular flexibility index (Phi) is 46.2. The average molecular weight is 380 g/mol. The molecule has 0 aromatic rings. The van der Waals surface area contributed by atoms with Crippen molar-refractivity contribution in [1.29, 1.82) is 0 Å². The SMILES string of the molecule is C=O.[Ir].[O-]P([O-])[O-].[O-]P([O-])[O-]. The molecule has 10 heteroatoms. The molecule has 0 aliphatic carbocycles. The van der Waals surface area contributed by atoms with Gasteiger partial charge in [0, 0.05) is 20.1 Å². The Hall–Kier alpha value is 0.939. The zero-order valence-corrected chi connectivity index (χ0v) is 8.98. The molecule has 0 spiro atoms. The average Bonchev–Trinajstić information content (AvgIpc) is 1.66. The van der Waals surface area contributed by atoms with Crippen molar-refractivity contribution in [2.24, 2.45) is 0 Å². The first kappa shape index (κ1) is 22.7. The predicted molar refractivity (Wildman–Crippen MR) is 21.0 cm³/mol. The summed E-state index contributed by atoms with van der Waals surface area (Å²) in [5.74, 6) is 0. The van der Waals surface area contributed by atoms with Crippen molar-refractivity contribution in [1.82, 2.24) is 0 Å². The number of carbonyl (C=O) groups excluding carboxylic acids is 1. The maximum absolute atomic E-state index is 8.48. The van der Waals surface area contributed by atoms with E-state index in [2.05, 4.69) is 0 Å². The van der Waals surface area contributed by atoms with E-state index in [9.17, 15) is 0 Å². The summed E-state index contributed by atoms with van der Waals surface area (Å²) in [6, 6.07) is 0. The Morgan fingerprint density at radius 1 is 0.727 bits per heavy atom. The Labute approximate surface area is 78.7 Å². The summed E-state index contributed by atoms with van der Waals surface area (Å²) in [6.07, 6.45) is 0. The van der Waals surface area contributed by atoms with Crippen LogP contribution in [-0.4, -0.2) is 6.79 Å². The second kappa shape index (κ2) is 22.4. The molecule has 0 bridgehead atoms. The Morgan fingerprint density at radius 3 is 0.727 bits per heavy atom. The van der Waals surface area contributed by atoms with E-state index in [0.29, 0.717) is 0 Å². The number of hydrogen-bond donors (Lipinski definition) is 0. The molecule has 0 aromatic heterocycles. The fourth-order valence-electron chi connectivity index (χ4n) is 0. The van der Waals surface area contributed by atoms with Gasteiger partial charge in [-0.2, -0.15) is 0 Å². The maximum atomic E-state index is 8.48. The van der Waals surface area contributed by atoms with Crippen LogP contribution < -0.4 is 29.4 Å². The molecule has 0 atom stereocenters. The molecule has 0 saturated carbocycles. The van der Waals surface area contributed by atoms with Gasteiger partial charge in [0.1, 0.15) is 6.79 Å². The first-order valence-corrected chi connectivity index (χ1v) is 3.58. The van der Waals surface area contributed by atoms with E-state index in [-0.39, 0.29) is 20.1 Å². The van der Waals surface area contributed by atoms with Crippen LogP contribution in [0.25, 0.3) is 0 Å². The zero-order chi connectivity index (χ0) is 9.15. The van der Waals surface area contributed by atoms with Crippen molar-refractivity contribution < 1.29 is 54.3 Å². The fraction of sp³-hybridized carbons (Fsp3) is 0. The third-order valence-corrected chi connectivity index (χ3v) is 0. The van der Waals surface area contributed by atoms with Gasteiger partial charge < -0.3 is 51.4 Å². The largest absolute Gasteiger partial charge is 0.854 e. The van der Waals surface area contributed by atoms with Crippen LogP contribution in [0.2, 0.25) is 0 Å². The van der Waals surface area contributed by atoms with Gasteiger partial charge in [-0.3, -0.25) is 0 Å². The minimum Gasteiger partial charge on any atom is -0.854 e. The maximum Gasteiger partial charge on any atom is 0.106 e. The summed E-state index contributed by atoms with van der Waals surface area (Å²) in [5.41, 5.74) is 0. The first-order chi connectivity index (χ1) is 4.46. The summed E-state index contributed by atoms with van der Waals surface area (Å²) in [4.78, 5) is 58.9. The molecule has 73 valence electrons. The smallest absolute Gasteiger partial charge is 0.106 e. The predicted octanol–water partition coefficient (Wildman–Crippen LogP) is -5.60. The van der Waals surface area contributed by atoms with Gasteiger partial charge >= 0.3 is 0 Å². The van der Waals surface area contributed by atoms with Crippen molar-refractivity contribution in [2.45, 2.75) is 0 Å². The monoisotopic (exact) mass is 381 g/mol. The third kappa shape index (κ3) is 991. The van der Waals surface area contributed by atoms with Crippen molar-refractivity contribution in [3.63, 3.8) is 0 Å². The second-order valence-electron chi connectivity index (χ2n) is 0.447. The van der Waals surface area contributed by atoms with Gasteiger partial charge in [-0.1, -0.05) is 0 Å². The Bertz CT molecular complexity index is 40.2. The molecule has 0 amide bonds. The minimum atomic E-state index is -3.37. The quantitative estimate of drug-likeness (QED) is 0.379. The van der Waals surface area contributed by atoms with E-state index in [1.165, 1.54) is 0 Å². The molecule has 0 aromatic carbocycles. The second-order valence-corrected chi connectivity index (χ2v) is 1.34. The molecule has 0 N–H and O–H groups in total. The van der Waals surface area contributed by atoms with E-state index < -0.39 is 17.2 Å². The van der Waals surface area contributed by atoms with E-state index in [4.69, 9.17) is 34.2 Å². The van der Waals surface area contributed by atoms with Crippen molar-refractivity contribution in [2.75, 3.05) is 0 Å². The van der Waals surface area contributed by atoms with Gasteiger partial charge in [-0.05, 0) is 0 Å². The van der Waals surface area contributed by atoms with E-state index in [1.807, 2.05) is 6.79 Å². The fourth-order valence-corrected chi connectivity index (χ4v) is 0. The van der Waals surface area contributed by atoms with Crippen LogP contribution >= 0.6 is 17.2 Å². The van der Waals surface area contributed by atoms with Gasteiger partial charge in [0.25, 0.3) is 0 Å². The van der Waals surface area contributed by atoms with Crippen molar-refractivity contribution in [3.8, 4) is 0 Å². The van der Waals surface area contributed by atoms with Crippen LogP contribution in [0.1, 0.15) is 0 Å². The van der Waals surface area contributed by atoms with E-state index in [0.717, 1.165) is 0 Å². The van der Waals surface area contributed by atoms with Gasteiger partial charge in [-0.25, -0.2) is 0 Å². The molecular weight excluding hydrogens is 378 g/mol. The number of rotatable bonds is 0. The topological polar surface area (TPSA) is 155 Å². The van der Waals surface area contributed by atoms with Crippen LogP contribution in [0.15, 0.2) is 0 Å². The summed E-state index contributed by atoms with van der Waals surface area (Å²) in [6.45, 7) is 2.00. The molecular formula is CH2IrO7P2-6. The van der Waals surface area contributed by atoms with Crippen LogP contribution in [-0.2, 0) is 24.9 Å². The van der Waals surface area contributed by atoms with Crippen LogP contribution in [0.5, 0.6) is 0 Å². The van der Waals surface area contributed by atoms with Crippen molar-refractivity contribution in [3.05, 3.63) is 0 Å². The number of hydrogen-bond acceptors (Lipinski definition) is 7. The molecule has 0 unspecified atom stereocenters. The molecule has 1 radical (unpaired) electrons. The van der Waals surface area contributed by atoms with Crippen LogP contribution in [0.4, 0.5) is 0 Å². The van der Waals surface area contributed by atoms with Crippen LogP contribution in [0, 0.1) is 0 Å². The van der Waals surface area contributed by atoms with Gasteiger partial charge in [0.05, 0.1) is 0 Å². The molecule has 0 aliphatic heterocycles. The first-order valence-electron chi connectivity index (χ1n) is 1.38. The molecule has 11 heavy (non-hydrogen) atoms. The van der Waals surface area contributed by atoms with Gasteiger partial charge in [0.15, 0.2) is 0 Å². The molecule has 0 fully saturated rings. The van der Waals surface area contributed by atoms with E-state index >= 15 is 0 Å². The standard InChI is InChI=1S/CH2O.Ir.2O3P/c1-2;;2*1-4(2)3/h1H2;;;/q;;2*-3.